The zero-order valence-corrected chi connectivity index (χ0v) is 22.1. The van der Waals surface area contributed by atoms with E-state index in [9.17, 15) is 4.79 Å². The Morgan fingerprint density at radius 1 is 1.00 bits per heavy atom. The van der Waals surface area contributed by atoms with Crippen molar-refractivity contribution in [1.29, 1.82) is 0 Å². The topological polar surface area (TPSA) is 61.4 Å². The van der Waals surface area contributed by atoms with Crippen LogP contribution >= 0.6 is 23.1 Å². The Morgan fingerprint density at radius 2 is 1.78 bits per heavy atom. The van der Waals surface area contributed by atoms with Crippen LogP contribution in [0.15, 0.2) is 82.7 Å². The van der Waals surface area contributed by atoms with Crippen LogP contribution in [0, 0.1) is 0 Å². The highest BCUT2D eigenvalue weighted by Crippen LogP contribution is 2.39. The number of benzene rings is 3. The third-order valence-electron chi connectivity index (χ3n) is 6.96. The molecule has 3 aromatic carbocycles. The maximum absolute atomic E-state index is 14.1. The van der Waals surface area contributed by atoms with Crippen LogP contribution in [-0.2, 0) is 23.5 Å². The molecule has 37 heavy (non-hydrogen) atoms. The van der Waals surface area contributed by atoms with Crippen LogP contribution in [0.2, 0.25) is 0 Å². The summed E-state index contributed by atoms with van der Waals surface area (Å²) in [7, 11) is 0. The number of fused-ring (bicyclic) bond motifs is 6. The quantitative estimate of drug-likeness (QED) is 0.250. The maximum atomic E-state index is 14.1. The smallest absolute Gasteiger partial charge is 0.268 e. The summed E-state index contributed by atoms with van der Waals surface area (Å²) < 4.78 is 9.87. The van der Waals surface area contributed by atoms with Crippen molar-refractivity contribution in [2.45, 2.75) is 43.4 Å². The SMILES string of the molecule is CC1(C)Cc2c(sc3c2c(=O)n(-c2ccccc2)c2nnc(SCc4cccc5ccccc45)n32)CO1. The van der Waals surface area contributed by atoms with Crippen molar-refractivity contribution in [3.8, 4) is 5.69 Å². The standard InChI is InChI=1S/C29H24N4O2S2/c1-29(2)15-22-23(16-35-29)37-26-24(22)25(34)32(20-12-4-3-5-13-20)27-30-31-28(33(26)27)36-17-19-11-8-10-18-9-6-7-14-21(18)19/h3-14H,15-17H2,1-2H3. The van der Waals surface area contributed by atoms with Crippen molar-refractivity contribution >= 4 is 49.9 Å². The van der Waals surface area contributed by atoms with Gasteiger partial charge in [0.15, 0.2) is 5.16 Å². The summed E-state index contributed by atoms with van der Waals surface area (Å²) in [6.07, 6.45) is 0.693. The summed E-state index contributed by atoms with van der Waals surface area (Å²) in [5.74, 6) is 1.28. The second-order valence-corrected chi connectivity index (χ2v) is 12.0. The molecule has 6 nitrogen and oxygen atoms in total. The van der Waals surface area contributed by atoms with E-state index in [2.05, 4.69) is 70.9 Å². The van der Waals surface area contributed by atoms with Gasteiger partial charge in [-0.05, 0) is 47.9 Å². The molecule has 0 radical (unpaired) electrons. The molecular weight excluding hydrogens is 500 g/mol. The monoisotopic (exact) mass is 524 g/mol. The zero-order chi connectivity index (χ0) is 25.1. The first-order valence-electron chi connectivity index (χ1n) is 12.2. The molecule has 0 saturated heterocycles. The fourth-order valence-corrected chi connectivity index (χ4v) is 7.38. The predicted molar refractivity (Wildman–Crippen MR) is 150 cm³/mol. The molecule has 0 spiro atoms. The van der Waals surface area contributed by atoms with E-state index in [0.717, 1.165) is 37.3 Å². The average molecular weight is 525 g/mol. The van der Waals surface area contributed by atoms with E-state index in [1.807, 2.05) is 30.3 Å². The molecule has 0 N–H and O–H groups in total. The second-order valence-electron chi connectivity index (χ2n) is 9.93. The van der Waals surface area contributed by atoms with Crippen LogP contribution in [0.5, 0.6) is 0 Å². The number of nitrogens with zero attached hydrogens (tertiary/aromatic N) is 4. The van der Waals surface area contributed by atoms with Gasteiger partial charge in [0, 0.05) is 17.1 Å². The molecule has 4 heterocycles. The molecule has 6 aromatic rings. The predicted octanol–water partition coefficient (Wildman–Crippen LogP) is 6.39. The van der Waals surface area contributed by atoms with Gasteiger partial charge in [-0.2, -0.15) is 0 Å². The number of thiophene rings is 1. The molecule has 7 rings (SSSR count). The molecule has 1 aliphatic heterocycles. The average Bonchev–Trinajstić information content (AvgIpc) is 3.49. The van der Waals surface area contributed by atoms with E-state index in [-0.39, 0.29) is 11.2 Å². The van der Waals surface area contributed by atoms with Crippen molar-refractivity contribution in [2.75, 3.05) is 0 Å². The van der Waals surface area contributed by atoms with Crippen molar-refractivity contribution in [3.05, 3.63) is 99.2 Å². The van der Waals surface area contributed by atoms with Gasteiger partial charge < -0.3 is 4.74 Å². The van der Waals surface area contributed by atoms with Crippen LogP contribution < -0.4 is 5.56 Å². The summed E-state index contributed by atoms with van der Waals surface area (Å²) in [4.78, 5) is 16.1. The minimum Gasteiger partial charge on any atom is -0.370 e. The zero-order valence-electron chi connectivity index (χ0n) is 20.5. The Kier molecular flexibility index (Phi) is 5.25. The summed E-state index contributed by atoms with van der Waals surface area (Å²) >= 11 is 3.27. The molecule has 184 valence electrons. The Labute approximate surface area is 221 Å². The van der Waals surface area contributed by atoms with E-state index >= 15 is 0 Å². The molecule has 0 saturated carbocycles. The van der Waals surface area contributed by atoms with Crippen LogP contribution in [0.25, 0.3) is 32.5 Å². The first kappa shape index (κ1) is 22.7. The largest absolute Gasteiger partial charge is 0.370 e. The molecule has 0 aliphatic carbocycles. The van der Waals surface area contributed by atoms with Gasteiger partial charge in [0.2, 0.25) is 5.78 Å². The lowest BCUT2D eigenvalue weighted by molar-refractivity contribution is -0.0379. The first-order valence-corrected chi connectivity index (χ1v) is 14.0. The number of hydrogen-bond donors (Lipinski definition) is 0. The van der Waals surface area contributed by atoms with Gasteiger partial charge in [-0.3, -0.25) is 4.79 Å². The van der Waals surface area contributed by atoms with E-state index in [0.29, 0.717) is 18.8 Å². The van der Waals surface area contributed by atoms with E-state index < -0.39 is 0 Å². The Morgan fingerprint density at radius 3 is 2.65 bits per heavy atom. The van der Waals surface area contributed by atoms with Crippen molar-refractivity contribution < 1.29 is 4.74 Å². The lowest BCUT2D eigenvalue weighted by atomic mass is 9.94. The van der Waals surface area contributed by atoms with Gasteiger partial charge in [-0.1, -0.05) is 72.4 Å². The highest BCUT2D eigenvalue weighted by Gasteiger charge is 2.32. The summed E-state index contributed by atoms with van der Waals surface area (Å²) in [6, 6.07) is 24.5. The van der Waals surface area contributed by atoms with Crippen LogP contribution in [0.3, 0.4) is 0 Å². The van der Waals surface area contributed by atoms with Gasteiger partial charge in [-0.25, -0.2) is 8.97 Å². The number of ether oxygens (including phenoxy) is 1. The third kappa shape index (κ3) is 3.70. The summed E-state index contributed by atoms with van der Waals surface area (Å²) in [6.45, 7) is 4.67. The van der Waals surface area contributed by atoms with E-state index in [4.69, 9.17) is 4.74 Å². The maximum Gasteiger partial charge on any atom is 0.268 e. The van der Waals surface area contributed by atoms with Crippen molar-refractivity contribution in [1.82, 2.24) is 19.2 Å². The van der Waals surface area contributed by atoms with E-state index in [1.54, 1.807) is 27.7 Å². The first-order chi connectivity index (χ1) is 18.0. The Hall–Kier alpha value is -3.46. The van der Waals surface area contributed by atoms with Crippen LogP contribution in [-0.4, -0.2) is 24.8 Å². The van der Waals surface area contributed by atoms with Gasteiger partial charge in [0.05, 0.1) is 23.3 Å². The summed E-state index contributed by atoms with van der Waals surface area (Å²) in [5.41, 5.74) is 2.74. The molecular formula is C29H24N4O2S2. The molecule has 3 aromatic heterocycles. The van der Waals surface area contributed by atoms with Crippen LogP contribution in [0.1, 0.15) is 29.9 Å². The number of para-hydroxylation sites is 1. The minimum absolute atomic E-state index is 0.0538. The molecule has 0 atom stereocenters. The number of thioether (sulfide) groups is 1. The van der Waals surface area contributed by atoms with E-state index in [1.165, 1.54) is 16.3 Å². The highest BCUT2D eigenvalue weighted by molar-refractivity contribution is 7.98. The van der Waals surface area contributed by atoms with Gasteiger partial charge in [0.1, 0.15) is 4.83 Å². The molecule has 1 aliphatic rings. The normalized spacial score (nSPS) is 15.0. The molecule has 0 bridgehead atoms. The molecule has 0 fully saturated rings. The van der Waals surface area contributed by atoms with Gasteiger partial charge in [-0.15, -0.1) is 21.5 Å². The minimum atomic E-state index is -0.320. The number of rotatable bonds is 4. The fourth-order valence-electron chi connectivity index (χ4n) is 5.17. The Bertz CT molecular complexity index is 1860. The van der Waals surface area contributed by atoms with Gasteiger partial charge >= 0.3 is 0 Å². The van der Waals surface area contributed by atoms with Crippen molar-refractivity contribution in [3.63, 3.8) is 0 Å². The third-order valence-corrected chi connectivity index (χ3v) is 9.12. The highest BCUT2D eigenvalue weighted by atomic mass is 32.2. The second kappa shape index (κ2) is 8.55. The van der Waals surface area contributed by atoms with Crippen LogP contribution in [0.4, 0.5) is 0 Å². The molecule has 0 unspecified atom stereocenters. The molecule has 0 amide bonds. The van der Waals surface area contributed by atoms with Gasteiger partial charge in [0.25, 0.3) is 5.56 Å². The van der Waals surface area contributed by atoms with Crippen molar-refractivity contribution in [2.24, 2.45) is 0 Å². The lowest BCUT2D eigenvalue weighted by Gasteiger charge is -2.29. The number of hydrogen-bond acceptors (Lipinski definition) is 6. The Balaban J connectivity index is 1.45. The number of aromatic nitrogens is 4. The summed E-state index contributed by atoms with van der Waals surface area (Å²) in [5, 5.41) is 13.1. The molecule has 8 heteroatoms. The fraction of sp³-hybridized carbons (Fsp3) is 0.207. The lowest BCUT2D eigenvalue weighted by Crippen LogP contribution is -2.32.